The van der Waals surface area contributed by atoms with Gasteiger partial charge in [-0.15, -0.1) is 0 Å². The van der Waals surface area contributed by atoms with Crippen LogP contribution in [0.15, 0.2) is 24.3 Å². The summed E-state index contributed by atoms with van der Waals surface area (Å²) in [6.07, 6.45) is -1.19. The van der Waals surface area contributed by atoms with Crippen molar-refractivity contribution >= 4 is 11.7 Å². The molecule has 2 N–H and O–H groups in total. The van der Waals surface area contributed by atoms with Crippen LogP contribution in [-0.2, 0) is 16.1 Å². The van der Waals surface area contributed by atoms with Crippen molar-refractivity contribution in [2.75, 3.05) is 11.9 Å². The minimum absolute atomic E-state index is 0.0158. The number of carbonyl (C=O) groups excluding carboxylic acids is 1. The average Bonchev–Trinajstić information content (AvgIpc) is 3.08. The second-order valence-corrected chi connectivity index (χ2v) is 6.12. The number of carbonyl (C=O) groups is 1. The van der Waals surface area contributed by atoms with Crippen molar-refractivity contribution in [1.29, 1.82) is 0 Å². The molecule has 0 aliphatic carbocycles. The van der Waals surface area contributed by atoms with E-state index in [0.717, 1.165) is 19.3 Å². The third kappa shape index (κ3) is 4.61. The van der Waals surface area contributed by atoms with Crippen LogP contribution in [-0.4, -0.2) is 37.1 Å². The van der Waals surface area contributed by atoms with Gasteiger partial charge in [-0.05, 0) is 37.0 Å². The van der Waals surface area contributed by atoms with Gasteiger partial charge < -0.3 is 20.1 Å². The molecular formula is C16H19F3N2O3. The lowest BCUT2D eigenvalue weighted by atomic mass is 9.96. The maximum absolute atomic E-state index is 12.1. The topological polar surface area (TPSA) is 59.6 Å². The number of anilines is 1. The van der Waals surface area contributed by atoms with Crippen LogP contribution in [0.3, 0.4) is 0 Å². The van der Waals surface area contributed by atoms with Crippen LogP contribution in [0.4, 0.5) is 23.7 Å². The molecule has 3 rings (SSSR count). The Morgan fingerprint density at radius 1 is 1.33 bits per heavy atom. The summed E-state index contributed by atoms with van der Waals surface area (Å²) < 4.78 is 46.5. The highest BCUT2D eigenvalue weighted by Crippen LogP contribution is 2.34. The molecule has 2 amide bonds. The number of nitrogens with one attached hydrogen (secondary N) is 2. The van der Waals surface area contributed by atoms with Crippen LogP contribution in [0.1, 0.15) is 24.8 Å². The van der Waals surface area contributed by atoms with Gasteiger partial charge in [-0.25, -0.2) is 4.79 Å². The molecule has 1 aromatic carbocycles. The third-order valence-corrected chi connectivity index (χ3v) is 4.14. The van der Waals surface area contributed by atoms with Crippen LogP contribution in [0.2, 0.25) is 0 Å². The summed E-state index contributed by atoms with van der Waals surface area (Å²) in [5.74, 6) is 0. The molecule has 1 aromatic rings. The van der Waals surface area contributed by atoms with Crippen molar-refractivity contribution in [3.63, 3.8) is 0 Å². The summed E-state index contributed by atoms with van der Waals surface area (Å²) in [4.78, 5) is 12.0. The fourth-order valence-corrected chi connectivity index (χ4v) is 3.15. The first-order valence-electron chi connectivity index (χ1n) is 7.85. The van der Waals surface area contributed by atoms with Crippen molar-refractivity contribution in [2.24, 2.45) is 0 Å². The molecule has 2 aliphatic heterocycles. The molecule has 8 heteroatoms. The minimum atomic E-state index is -4.35. The SMILES string of the molecule is O=C(Nc1cccc(COCC(F)(F)F)c1)N[C@H]1C[C@H]2CC[C@H]1O2. The summed E-state index contributed by atoms with van der Waals surface area (Å²) in [5.41, 5.74) is 1.06. The van der Waals surface area contributed by atoms with E-state index in [1.165, 1.54) is 0 Å². The number of hydrogen-bond acceptors (Lipinski definition) is 3. The number of ether oxygens (including phenoxy) is 2. The number of fused-ring (bicyclic) bond motifs is 2. The Hall–Kier alpha value is -1.80. The van der Waals surface area contributed by atoms with Gasteiger partial charge in [0.1, 0.15) is 6.61 Å². The van der Waals surface area contributed by atoms with Crippen LogP contribution >= 0.6 is 0 Å². The molecule has 0 saturated carbocycles. The van der Waals surface area contributed by atoms with E-state index < -0.39 is 12.8 Å². The maximum Gasteiger partial charge on any atom is 0.411 e. The van der Waals surface area contributed by atoms with E-state index in [-0.39, 0.29) is 30.9 Å². The zero-order chi connectivity index (χ0) is 17.2. The van der Waals surface area contributed by atoms with Gasteiger partial charge in [-0.1, -0.05) is 12.1 Å². The average molecular weight is 344 g/mol. The zero-order valence-corrected chi connectivity index (χ0v) is 12.9. The number of benzene rings is 1. The highest BCUT2D eigenvalue weighted by Gasteiger charge is 2.41. The molecule has 2 aliphatic rings. The Kier molecular flexibility index (Phi) is 4.96. The van der Waals surface area contributed by atoms with Gasteiger partial charge in [0, 0.05) is 5.69 Å². The van der Waals surface area contributed by atoms with E-state index in [2.05, 4.69) is 15.4 Å². The summed E-state index contributed by atoms with van der Waals surface area (Å²) in [6, 6.07) is 6.23. The minimum Gasteiger partial charge on any atom is -0.373 e. The monoisotopic (exact) mass is 344 g/mol. The maximum atomic E-state index is 12.1. The van der Waals surface area contributed by atoms with Gasteiger partial charge in [-0.2, -0.15) is 13.2 Å². The molecule has 0 aromatic heterocycles. The van der Waals surface area contributed by atoms with E-state index in [9.17, 15) is 18.0 Å². The lowest BCUT2D eigenvalue weighted by Crippen LogP contribution is -2.43. The standard InChI is InChI=1S/C16H19F3N2O3/c17-16(18,19)9-23-8-10-2-1-3-11(6-10)20-15(22)21-13-7-12-4-5-14(13)24-12/h1-3,6,12-14H,4-5,7-9H2,(H2,20,21,22)/t12-,13+,14-/m1/s1. The molecule has 2 heterocycles. The molecule has 0 unspecified atom stereocenters. The highest BCUT2D eigenvalue weighted by molar-refractivity contribution is 5.89. The Morgan fingerprint density at radius 3 is 2.83 bits per heavy atom. The Balaban J connectivity index is 1.48. The lowest BCUT2D eigenvalue weighted by molar-refractivity contribution is -0.176. The third-order valence-electron chi connectivity index (χ3n) is 4.14. The summed E-state index contributed by atoms with van der Waals surface area (Å²) in [6.45, 7) is -1.47. The molecule has 2 saturated heterocycles. The predicted octanol–water partition coefficient (Wildman–Crippen LogP) is 3.21. The van der Waals surface area contributed by atoms with E-state index in [1.54, 1.807) is 24.3 Å². The molecule has 5 nitrogen and oxygen atoms in total. The number of urea groups is 1. The van der Waals surface area contributed by atoms with Crippen molar-refractivity contribution in [3.05, 3.63) is 29.8 Å². The fraction of sp³-hybridized carbons (Fsp3) is 0.562. The van der Waals surface area contributed by atoms with Crippen LogP contribution in [0.25, 0.3) is 0 Å². The van der Waals surface area contributed by atoms with E-state index in [1.807, 2.05) is 0 Å². The van der Waals surface area contributed by atoms with E-state index in [4.69, 9.17) is 4.74 Å². The van der Waals surface area contributed by atoms with Crippen LogP contribution in [0.5, 0.6) is 0 Å². The molecule has 132 valence electrons. The Morgan fingerprint density at radius 2 is 2.17 bits per heavy atom. The van der Waals surface area contributed by atoms with E-state index in [0.29, 0.717) is 11.3 Å². The normalized spacial score (nSPS) is 25.7. The van der Waals surface area contributed by atoms with Crippen LogP contribution in [0, 0.1) is 0 Å². The van der Waals surface area contributed by atoms with Gasteiger partial charge in [0.2, 0.25) is 0 Å². The van der Waals surface area contributed by atoms with Gasteiger partial charge in [0.05, 0.1) is 24.9 Å². The second-order valence-electron chi connectivity index (χ2n) is 6.12. The zero-order valence-electron chi connectivity index (χ0n) is 12.9. The summed E-state index contributed by atoms with van der Waals surface area (Å²) in [5, 5.41) is 5.58. The first-order chi connectivity index (χ1) is 11.4. The molecule has 2 fully saturated rings. The lowest BCUT2D eigenvalue weighted by Gasteiger charge is -2.20. The predicted molar refractivity (Wildman–Crippen MR) is 80.6 cm³/mol. The number of hydrogen-bond donors (Lipinski definition) is 2. The van der Waals surface area contributed by atoms with E-state index >= 15 is 0 Å². The molecule has 3 atom stereocenters. The van der Waals surface area contributed by atoms with Gasteiger partial charge >= 0.3 is 12.2 Å². The van der Waals surface area contributed by atoms with Crippen molar-refractivity contribution in [3.8, 4) is 0 Å². The highest BCUT2D eigenvalue weighted by atomic mass is 19.4. The molecule has 24 heavy (non-hydrogen) atoms. The summed E-state index contributed by atoms with van der Waals surface area (Å²) in [7, 11) is 0. The first-order valence-corrected chi connectivity index (χ1v) is 7.85. The van der Waals surface area contributed by atoms with Crippen molar-refractivity contribution in [1.82, 2.24) is 5.32 Å². The number of halogens is 3. The second kappa shape index (κ2) is 6.98. The summed E-state index contributed by atoms with van der Waals surface area (Å²) >= 11 is 0. The molecule has 0 spiro atoms. The number of amides is 2. The van der Waals surface area contributed by atoms with Gasteiger partial charge in [-0.3, -0.25) is 0 Å². The van der Waals surface area contributed by atoms with Gasteiger partial charge in [0.15, 0.2) is 0 Å². The quantitative estimate of drug-likeness (QED) is 0.862. The van der Waals surface area contributed by atoms with Gasteiger partial charge in [0.25, 0.3) is 0 Å². The largest absolute Gasteiger partial charge is 0.411 e. The molecule has 0 radical (unpaired) electrons. The molecule has 2 bridgehead atoms. The Bertz CT molecular complexity index is 594. The Labute approximate surface area is 137 Å². The molecular weight excluding hydrogens is 325 g/mol. The first kappa shape index (κ1) is 17.0. The smallest absolute Gasteiger partial charge is 0.373 e. The number of rotatable bonds is 5. The van der Waals surface area contributed by atoms with Crippen LogP contribution < -0.4 is 10.6 Å². The fourth-order valence-electron chi connectivity index (χ4n) is 3.15. The van der Waals surface area contributed by atoms with Crippen molar-refractivity contribution < 1.29 is 27.4 Å². The van der Waals surface area contributed by atoms with Crippen molar-refractivity contribution in [2.45, 2.75) is 50.3 Å². The number of alkyl halides is 3.